The van der Waals surface area contributed by atoms with Crippen molar-refractivity contribution in [1.29, 1.82) is 0 Å². The second kappa shape index (κ2) is 8.36. The number of hydrogen-bond donors (Lipinski definition) is 3. The number of pyridine rings is 1. The fourth-order valence-electron chi connectivity index (χ4n) is 2.69. The highest BCUT2D eigenvalue weighted by Gasteiger charge is 2.16. The van der Waals surface area contributed by atoms with E-state index in [0.29, 0.717) is 17.4 Å². The van der Waals surface area contributed by atoms with Crippen LogP contribution < -0.4 is 16.6 Å². The standard InChI is InChI=1S/C18H25N3O2/c1-2-3-4-5-6-9-12-20-17(22)15-16(19)13-10-7-8-11-14(13)21-18(15)23/h7-8,10-11H,2-6,9,12H2,1H3,(H,20,22)(H3,19,21,23). The molecule has 0 fully saturated rings. The maximum Gasteiger partial charge on any atom is 0.263 e. The lowest BCUT2D eigenvalue weighted by Crippen LogP contribution is -2.31. The summed E-state index contributed by atoms with van der Waals surface area (Å²) in [7, 11) is 0. The molecule has 2 aromatic rings. The van der Waals surface area contributed by atoms with Crippen molar-refractivity contribution in [1.82, 2.24) is 10.3 Å². The molecule has 0 spiro atoms. The SMILES string of the molecule is CCCCCCCCNC(=O)c1c(N)c2ccccc2[nH]c1=O. The molecule has 124 valence electrons. The molecule has 5 nitrogen and oxygen atoms in total. The fraction of sp³-hybridized carbons (Fsp3) is 0.444. The van der Waals surface area contributed by atoms with Crippen LogP contribution >= 0.6 is 0 Å². The normalized spacial score (nSPS) is 10.8. The maximum atomic E-state index is 12.3. The molecule has 1 amide bonds. The zero-order valence-corrected chi connectivity index (χ0v) is 13.7. The summed E-state index contributed by atoms with van der Waals surface area (Å²) in [5, 5.41) is 3.49. The van der Waals surface area contributed by atoms with E-state index in [1.807, 2.05) is 12.1 Å². The van der Waals surface area contributed by atoms with Gasteiger partial charge in [-0.2, -0.15) is 0 Å². The third-order valence-corrected chi connectivity index (χ3v) is 4.00. The summed E-state index contributed by atoms with van der Waals surface area (Å²) < 4.78 is 0. The molecule has 0 atom stereocenters. The summed E-state index contributed by atoms with van der Waals surface area (Å²) >= 11 is 0. The highest BCUT2D eigenvalue weighted by atomic mass is 16.2. The molecule has 0 bridgehead atoms. The van der Waals surface area contributed by atoms with Gasteiger partial charge in [0.15, 0.2) is 0 Å². The molecule has 4 N–H and O–H groups in total. The van der Waals surface area contributed by atoms with Gasteiger partial charge in [0.05, 0.1) is 11.2 Å². The Labute approximate surface area is 136 Å². The number of nitrogens with two attached hydrogens (primary N) is 1. The molecule has 2 rings (SSSR count). The summed E-state index contributed by atoms with van der Waals surface area (Å²) in [5.74, 6) is -0.400. The first-order valence-electron chi connectivity index (χ1n) is 8.33. The Morgan fingerprint density at radius 2 is 1.83 bits per heavy atom. The first-order chi connectivity index (χ1) is 11.1. The van der Waals surface area contributed by atoms with Crippen molar-refractivity contribution in [3.63, 3.8) is 0 Å². The predicted molar refractivity (Wildman–Crippen MR) is 94.7 cm³/mol. The predicted octanol–water partition coefficient (Wildman–Crippen LogP) is 3.20. The minimum atomic E-state index is -0.443. The molecule has 0 aliphatic heterocycles. The third kappa shape index (κ3) is 4.34. The third-order valence-electron chi connectivity index (χ3n) is 4.00. The van der Waals surface area contributed by atoms with Crippen molar-refractivity contribution in [3.05, 3.63) is 40.2 Å². The molecule has 0 radical (unpaired) electrons. The van der Waals surface area contributed by atoms with Crippen molar-refractivity contribution in [3.8, 4) is 0 Å². The van der Waals surface area contributed by atoms with Crippen molar-refractivity contribution >= 4 is 22.5 Å². The van der Waals surface area contributed by atoms with Crippen LogP contribution in [0.4, 0.5) is 5.69 Å². The van der Waals surface area contributed by atoms with Crippen LogP contribution in [0.25, 0.3) is 10.9 Å². The Morgan fingerprint density at radius 3 is 2.61 bits per heavy atom. The summed E-state index contributed by atoms with van der Waals surface area (Å²) in [6, 6.07) is 7.21. The average Bonchev–Trinajstić information content (AvgIpc) is 2.54. The molecular weight excluding hydrogens is 290 g/mol. The number of para-hydroxylation sites is 1. The highest BCUT2D eigenvalue weighted by Crippen LogP contribution is 2.19. The number of aromatic amines is 1. The van der Waals surface area contributed by atoms with Gasteiger partial charge in [-0.3, -0.25) is 9.59 Å². The lowest BCUT2D eigenvalue weighted by molar-refractivity contribution is 0.0952. The first kappa shape index (κ1) is 17.1. The number of fused-ring (bicyclic) bond motifs is 1. The van der Waals surface area contributed by atoms with Gasteiger partial charge in [-0.05, 0) is 12.5 Å². The summed E-state index contributed by atoms with van der Waals surface area (Å²) in [6.45, 7) is 2.75. The van der Waals surface area contributed by atoms with Crippen molar-refractivity contribution < 1.29 is 4.79 Å². The van der Waals surface area contributed by atoms with Crippen LogP contribution in [0.3, 0.4) is 0 Å². The van der Waals surface area contributed by atoms with Crippen LogP contribution in [0.15, 0.2) is 29.1 Å². The van der Waals surface area contributed by atoms with E-state index in [1.54, 1.807) is 12.1 Å². The lowest BCUT2D eigenvalue weighted by Gasteiger charge is -2.09. The van der Waals surface area contributed by atoms with E-state index < -0.39 is 11.5 Å². The van der Waals surface area contributed by atoms with Crippen LogP contribution in [-0.4, -0.2) is 17.4 Å². The van der Waals surface area contributed by atoms with Gasteiger partial charge < -0.3 is 16.0 Å². The van der Waals surface area contributed by atoms with Gasteiger partial charge in [-0.1, -0.05) is 57.2 Å². The number of amides is 1. The minimum Gasteiger partial charge on any atom is -0.397 e. The monoisotopic (exact) mass is 315 g/mol. The topological polar surface area (TPSA) is 88.0 Å². The van der Waals surface area contributed by atoms with Crippen LogP contribution in [0.1, 0.15) is 55.8 Å². The molecule has 23 heavy (non-hydrogen) atoms. The summed E-state index contributed by atoms with van der Waals surface area (Å²) in [6.07, 6.45) is 6.91. The van der Waals surface area contributed by atoms with E-state index in [9.17, 15) is 9.59 Å². The number of carbonyl (C=O) groups excluding carboxylic acids is 1. The summed E-state index contributed by atoms with van der Waals surface area (Å²) in [5.41, 5.74) is 6.47. The van der Waals surface area contributed by atoms with Gasteiger partial charge in [-0.15, -0.1) is 0 Å². The zero-order chi connectivity index (χ0) is 16.7. The number of rotatable bonds is 8. The van der Waals surface area contributed by atoms with Crippen LogP contribution in [0.2, 0.25) is 0 Å². The van der Waals surface area contributed by atoms with Crippen molar-refractivity contribution in [2.75, 3.05) is 12.3 Å². The number of carbonyl (C=O) groups is 1. The first-order valence-corrected chi connectivity index (χ1v) is 8.33. The van der Waals surface area contributed by atoms with E-state index in [-0.39, 0.29) is 11.3 Å². The van der Waals surface area contributed by atoms with E-state index in [4.69, 9.17) is 5.73 Å². The van der Waals surface area contributed by atoms with E-state index >= 15 is 0 Å². The minimum absolute atomic E-state index is 0.00897. The van der Waals surface area contributed by atoms with Gasteiger partial charge >= 0.3 is 0 Å². The molecule has 0 saturated heterocycles. The van der Waals surface area contributed by atoms with Gasteiger partial charge in [-0.25, -0.2) is 0 Å². The number of nitrogen functional groups attached to an aromatic ring is 1. The molecular formula is C18H25N3O2. The fourth-order valence-corrected chi connectivity index (χ4v) is 2.69. The average molecular weight is 315 g/mol. The van der Waals surface area contributed by atoms with Gasteiger partial charge in [0.25, 0.3) is 11.5 Å². The Bertz CT molecular complexity index is 722. The Balaban J connectivity index is 1.97. The molecule has 0 unspecified atom stereocenters. The van der Waals surface area contributed by atoms with Gasteiger partial charge in [0.1, 0.15) is 5.56 Å². The Morgan fingerprint density at radius 1 is 1.13 bits per heavy atom. The van der Waals surface area contributed by atoms with Crippen molar-refractivity contribution in [2.24, 2.45) is 0 Å². The molecule has 1 aromatic heterocycles. The number of benzene rings is 1. The second-order valence-corrected chi connectivity index (χ2v) is 5.81. The Kier molecular flexibility index (Phi) is 6.20. The number of aromatic nitrogens is 1. The smallest absolute Gasteiger partial charge is 0.263 e. The number of nitrogens with one attached hydrogen (secondary N) is 2. The molecule has 0 saturated carbocycles. The lowest BCUT2D eigenvalue weighted by atomic mass is 10.1. The number of hydrogen-bond acceptors (Lipinski definition) is 3. The second-order valence-electron chi connectivity index (χ2n) is 5.81. The van der Waals surface area contributed by atoms with E-state index in [0.717, 1.165) is 12.8 Å². The highest BCUT2D eigenvalue weighted by molar-refractivity contribution is 6.06. The largest absolute Gasteiger partial charge is 0.397 e. The zero-order valence-electron chi connectivity index (χ0n) is 13.7. The molecule has 0 aliphatic carbocycles. The van der Waals surface area contributed by atoms with Gasteiger partial charge in [0.2, 0.25) is 0 Å². The Hall–Kier alpha value is -2.30. The summed E-state index contributed by atoms with van der Waals surface area (Å²) in [4.78, 5) is 27.1. The number of anilines is 1. The van der Waals surface area contributed by atoms with Gasteiger partial charge in [0, 0.05) is 11.9 Å². The number of unbranched alkanes of at least 4 members (excludes halogenated alkanes) is 5. The molecule has 5 heteroatoms. The quantitative estimate of drug-likeness (QED) is 0.654. The molecule has 1 aromatic carbocycles. The van der Waals surface area contributed by atoms with E-state index in [1.165, 1.54) is 25.7 Å². The van der Waals surface area contributed by atoms with E-state index in [2.05, 4.69) is 17.2 Å². The van der Waals surface area contributed by atoms with Crippen molar-refractivity contribution in [2.45, 2.75) is 45.4 Å². The van der Waals surface area contributed by atoms with Crippen LogP contribution in [-0.2, 0) is 0 Å². The number of H-pyrrole nitrogens is 1. The maximum absolute atomic E-state index is 12.3. The van der Waals surface area contributed by atoms with Crippen LogP contribution in [0, 0.1) is 0 Å². The van der Waals surface area contributed by atoms with Crippen LogP contribution in [0.5, 0.6) is 0 Å². The molecule has 1 heterocycles. The molecule has 0 aliphatic rings.